The smallest absolute Gasteiger partial charge is 0.138 e. The first-order valence-electron chi connectivity index (χ1n) is 7.99. The van der Waals surface area contributed by atoms with Crippen LogP contribution in [-0.2, 0) is 6.54 Å². The summed E-state index contributed by atoms with van der Waals surface area (Å²) in [4.78, 5) is 15.9. The van der Waals surface area contributed by atoms with Gasteiger partial charge in [-0.1, -0.05) is 12.1 Å². The lowest BCUT2D eigenvalue weighted by Crippen LogP contribution is -2.24. The lowest BCUT2D eigenvalue weighted by atomic mass is 10.1. The van der Waals surface area contributed by atoms with Crippen LogP contribution in [0, 0.1) is 0 Å². The van der Waals surface area contributed by atoms with E-state index in [1.165, 1.54) is 6.42 Å². The molecule has 1 fully saturated rings. The van der Waals surface area contributed by atoms with Gasteiger partial charge in [-0.25, -0.2) is 9.97 Å². The van der Waals surface area contributed by atoms with Gasteiger partial charge in [0.1, 0.15) is 12.1 Å². The Bertz CT molecular complexity index is 754. The molecule has 0 aliphatic carbocycles. The Balaban J connectivity index is 1.58. The van der Waals surface area contributed by atoms with E-state index in [2.05, 4.69) is 33.1 Å². The Hall–Kier alpha value is -2.53. The fourth-order valence-corrected chi connectivity index (χ4v) is 3.21. The molecule has 4 heterocycles. The molecular formula is C18H19N5. The van der Waals surface area contributed by atoms with Crippen molar-refractivity contribution < 1.29 is 0 Å². The van der Waals surface area contributed by atoms with Crippen molar-refractivity contribution in [3.8, 4) is 5.82 Å². The highest BCUT2D eigenvalue weighted by molar-refractivity contribution is 5.26. The van der Waals surface area contributed by atoms with Gasteiger partial charge in [0, 0.05) is 25.1 Å². The van der Waals surface area contributed by atoms with Gasteiger partial charge in [0.05, 0.1) is 17.4 Å². The molecule has 1 aliphatic rings. The number of hydrogen-bond donors (Lipinski definition) is 0. The molecule has 1 atom stereocenters. The molecule has 0 amide bonds. The first-order valence-corrected chi connectivity index (χ1v) is 7.99. The van der Waals surface area contributed by atoms with Crippen LogP contribution in [0.1, 0.15) is 30.3 Å². The zero-order chi connectivity index (χ0) is 15.5. The van der Waals surface area contributed by atoms with Crippen LogP contribution in [0.25, 0.3) is 5.82 Å². The first-order chi connectivity index (χ1) is 11.4. The van der Waals surface area contributed by atoms with Crippen LogP contribution in [0.15, 0.2) is 61.3 Å². The Kier molecular flexibility index (Phi) is 3.86. The molecule has 5 heteroatoms. The van der Waals surface area contributed by atoms with Crippen molar-refractivity contribution in [2.24, 2.45) is 0 Å². The molecule has 0 radical (unpaired) electrons. The molecule has 3 aromatic rings. The summed E-state index contributed by atoms with van der Waals surface area (Å²) in [5.41, 5.74) is 2.25. The molecule has 5 nitrogen and oxygen atoms in total. The molecule has 0 N–H and O–H groups in total. The van der Waals surface area contributed by atoms with Crippen molar-refractivity contribution in [3.05, 3.63) is 72.7 Å². The zero-order valence-electron chi connectivity index (χ0n) is 12.9. The first kappa shape index (κ1) is 14.1. The Morgan fingerprint density at radius 1 is 1.09 bits per heavy atom. The normalized spacial score (nSPS) is 18.3. The molecule has 4 rings (SSSR count). The molecule has 1 unspecified atom stereocenters. The van der Waals surface area contributed by atoms with E-state index in [9.17, 15) is 0 Å². The van der Waals surface area contributed by atoms with E-state index in [0.29, 0.717) is 6.04 Å². The predicted molar refractivity (Wildman–Crippen MR) is 88.0 cm³/mol. The van der Waals surface area contributed by atoms with E-state index in [4.69, 9.17) is 4.98 Å². The number of hydrogen-bond acceptors (Lipinski definition) is 4. The second kappa shape index (κ2) is 6.30. The topological polar surface area (TPSA) is 46.8 Å². The van der Waals surface area contributed by atoms with Crippen molar-refractivity contribution in [2.75, 3.05) is 6.54 Å². The van der Waals surface area contributed by atoms with Crippen LogP contribution in [-0.4, -0.2) is 31.0 Å². The van der Waals surface area contributed by atoms with Crippen LogP contribution in [0.5, 0.6) is 0 Å². The van der Waals surface area contributed by atoms with Crippen molar-refractivity contribution in [1.29, 1.82) is 0 Å². The van der Waals surface area contributed by atoms with Gasteiger partial charge < -0.3 is 0 Å². The van der Waals surface area contributed by atoms with Crippen LogP contribution >= 0.6 is 0 Å². The Morgan fingerprint density at radius 3 is 2.91 bits per heavy atom. The van der Waals surface area contributed by atoms with Crippen LogP contribution < -0.4 is 0 Å². The average Bonchev–Trinajstić information content (AvgIpc) is 3.28. The summed E-state index contributed by atoms with van der Waals surface area (Å²) >= 11 is 0. The SMILES string of the molecule is c1ccc(CN2CCCC2c2cccc(-n3ccnc3)n2)nc1. The quantitative estimate of drug-likeness (QED) is 0.743. The average molecular weight is 305 g/mol. The van der Waals surface area contributed by atoms with Gasteiger partial charge in [-0.2, -0.15) is 0 Å². The lowest BCUT2D eigenvalue weighted by molar-refractivity contribution is 0.241. The summed E-state index contributed by atoms with van der Waals surface area (Å²) < 4.78 is 1.95. The third-order valence-corrected chi connectivity index (χ3v) is 4.32. The summed E-state index contributed by atoms with van der Waals surface area (Å²) in [6.07, 6.45) is 9.69. The van der Waals surface area contributed by atoms with Gasteiger partial charge >= 0.3 is 0 Å². The summed E-state index contributed by atoms with van der Waals surface area (Å²) in [6, 6.07) is 12.7. The van der Waals surface area contributed by atoms with Crippen LogP contribution in [0.3, 0.4) is 0 Å². The Labute approximate surface area is 135 Å². The Morgan fingerprint density at radius 2 is 2.09 bits per heavy atom. The van der Waals surface area contributed by atoms with E-state index in [0.717, 1.165) is 36.7 Å². The molecule has 0 spiro atoms. The molecule has 116 valence electrons. The molecule has 3 aromatic heterocycles. The second-order valence-corrected chi connectivity index (χ2v) is 5.84. The highest BCUT2D eigenvalue weighted by Crippen LogP contribution is 2.32. The minimum atomic E-state index is 0.362. The van der Waals surface area contributed by atoms with Crippen LogP contribution in [0.4, 0.5) is 0 Å². The maximum absolute atomic E-state index is 4.85. The fourth-order valence-electron chi connectivity index (χ4n) is 3.21. The third-order valence-electron chi connectivity index (χ3n) is 4.32. The van der Waals surface area contributed by atoms with Gasteiger partial charge in [-0.3, -0.25) is 14.5 Å². The highest BCUT2D eigenvalue weighted by atomic mass is 15.2. The van der Waals surface area contributed by atoms with Gasteiger partial charge in [0.2, 0.25) is 0 Å². The van der Waals surface area contributed by atoms with Crippen molar-refractivity contribution in [3.63, 3.8) is 0 Å². The fraction of sp³-hybridized carbons (Fsp3) is 0.278. The summed E-state index contributed by atoms with van der Waals surface area (Å²) in [6.45, 7) is 1.97. The van der Waals surface area contributed by atoms with Crippen molar-refractivity contribution in [1.82, 2.24) is 24.4 Å². The van der Waals surface area contributed by atoms with E-state index in [-0.39, 0.29) is 0 Å². The number of pyridine rings is 2. The minimum absolute atomic E-state index is 0.362. The van der Waals surface area contributed by atoms with Gasteiger partial charge in [0.15, 0.2) is 0 Å². The van der Waals surface area contributed by atoms with E-state index in [1.807, 2.05) is 35.2 Å². The van der Waals surface area contributed by atoms with Gasteiger partial charge in [-0.05, 0) is 43.7 Å². The highest BCUT2D eigenvalue weighted by Gasteiger charge is 2.27. The van der Waals surface area contributed by atoms with Crippen molar-refractivity contribution >= 4 is 0 Å². The van der Waals surface area contributed by atoms with E-state index < -0.39 is 0 Å². The zero-order valence-corrected chi connectivity index (χ0v) is 12.9. The molecule has 0 bridgehead atoms. The number of rotatable bonds is 4. The molecule has 1 aliphatic heterocycles. The lowest BCUT2D eigenvalue weighted by Gasteiger charge is -2.24. The van der Waals surface area contributed by atoms with E-state index >= 15 is 0 Å². The number of nitrogens with zero attached hydrogens (tertiary/aromatic N) is 5. The minimum Gasteiger partial charge on any atom is -0.291 e. The van der Waals surface area contributed by atoms with Gasteiger partial charge in [0.25, 0.3) is 0 Å². The standard InChI is InChI=1S/C18H19N5/c1-2-9-20-15(5-1)13-22-11-4-7-17(22)16-6-3-8-18(21-16)23-12-10-19-14-23/h1-3,5-6,8-10,12,14,17H,4,7,11,13H2. The van der Waals surface area contributed by atoms with Gasteiger partial charge in [-0.15, -0.1) is 0 Å². The molecule has 1 saturated heterocycles. The number of aromatic nitrogens is 4. The largest absolute Gasteiger partial charge is 0.291 e. The molecule has 0 saturated carbocycles. The summed E-state index contributed by atoms with van der Waals surface area (Å²) in [7, 11) is 0. The number of imidazole rings is 1. The summed E-state index contributed by atoms with van der Waals surface area (Å²) in [5.74, 6) is 0.921. The molecule has 23 heavy (non-hydrogen) atoms. The number of likely N-dealkylation sites (tertiary alicyclic amines) is 1. The molecular weight excluding hydrogens is 286 g/mol. The molecule has 0 aromatic carbocycles. The maximum atomic E-state index is 4.85. The van der Waals surface area contributed by atoms with E-state index in [1.54, 1.807) is 12.5 Å². The summed E-state index contributed by atoms with van der Waals surface area (Å²) in [5, 5.41) is 0. The van der Waals surface area contributed by atoms with Crippen LogP contribution in [0.2, 0.25) is 0 Å². The predicted octanol–water partition coefficient (Wildman–Crippen LogP) is 3.00. The monoisotopic (exact) mass is 305 g/mol. The maximum Gasteiger partial charge on any atom is 0.138 e. The van der Waals surface area contributed by atoms with Crippen molar-refractivity contribution in [2.45, 2.75) is 25.4 Å². The third kappa shape index (κ3) is 3.00. The second-order valence-electron chi connectivity index (χ2n) is 5.84.